The number of benzene rings is 1. The molecule has 1 N–H and O–H groups in total. The lowest BCUT2D eigenvalue weighted by Gasteiger charge is -2.23. The number of carbonyl (C=O) groups is 1. The molecule has 6 nitrogen and oxygen atoms in total. The lowest BCUT2D eigenvalue weighted by Crippen LogP contribution is -2.34. The maximum Gasteiger partial charge on any atom is 0.274 e. The van der Waals surface area contributed by atoms with Crippen molar-refractivity contribution >= 4 is 11.6 Å². The predicted molar refractivity (Wildman–Crippen MR) is 108 cm³/mol. The second-order valence-electron chi connectivity index (χ2n) is 7.09. The molecule has 4 rings (SSSR count). The molecule has 0 radical (unpaired) electrons. The van der Waals surface area contributed by atoms with Crippen LogP contribution in [0.2, 0.25) is 0 Å². The highest BCUT2D eigenvalue weighted by atomic mass is 16.3. The monoisotopic (exact) mass is 376 g/mol. The van der Waals surface area contributed by atoms with Gasteiger partial charge in [0.1, 0.15) is 5.65 Å². The first-order valence-electron chi connectivity index (χ1n) is 9.44. The summed E-state index contributed by atoms with van der Waals surface area (Å²) >= 11 is 0. The fraction of sp³-hybridized carbons (Fsp3) is 0.273. The predicted octanol–water partition coefficient (Wildman–Crippen LogP) is 2.34. The van der Waals surface area contributed by atoms with Crippen LogP contribution in [0.15, 0.2) is 66.9 Å². The van der Waals surface area contributed by atoms with E-state index >= 15 is 0 Å². The Morgan fingerprint density at radius 3 is 2.79 bits per heavy atom. The Kier molecular flexibility index (Phi) is 5.23. The number of nitrogens with zero attached hydrogens (tertiary/aromatic N) is 4. The molecule has 1 aliphatic heterocycles. The van der Waals surface area contributed by atoms with Gasteiger partial charge in [-0.3, -0.25) is 9.69 Å². The number of pyridine rings is 1. The van der Waals surface area contributed by atoms with Gasteiger partial charge in [-0.15, -0.1) is 0 Å². The molecule has 1 aromatic carbocycles. The Morgan fingerprint density at radius 2 is 2.00 bits per heavy atom. The van der Waals surface area contributed by atoms with Gasteiger partial charge < -0.3 is 14.4 Å². The van der Waals surface area contributed by atoms with Gasteiger partial charge >= 0.3 is 0 Å². The lowest BCUT2D eigenvalue weighted by molar-refractivity contribution is 0.0776. The second-order valence-corrected chi connectivity index (χ2v) is 7.09. The van der Waals surface area contributed by atoms with Crippen molar-refractivity contribution in [1.29, 1.82) is 0 Å². The number of hydrogen-bond donors (Lipinski definition) is 1. The average molecular weight is 376 g/mol. The van der Waals surface area contributed by atoms with E-state index in [4.69, 9.17) is 0 Å². The van der Waals surface area contributed by atoms with E-state index in [1.54, 1.807) is 11.9 Å². The van der Waals surface area contributed by atoms with Gasteiger partial charge in [-0.25, -0.2) is 4.98 Å². The first kappa shape index (κ1) is 18.4. The van der Waals surface area contributed by atoms with Crippen molar-refractivity contribution < 1.29 is 9.90 Å². The molecule has 1 aliphatic rings. The minimum Gasteiger partial charge on any atom is -0.394 e. The first-order chi connectivity index (χ1) is 13.7. The minimum atomic E-state index is -0.102. The lowest BCUT2D eigenvalue weighted by atomic mass is 10.2. The quantitative estimate of drug-likeness (QED) is 0.671. The Morgan fingerprint density at radius 1 is 1.21 bits per heavy atom. The van der Waals surface area contributed by atoms with Crippen molar-refractivity contribution in [2.75, 3.05) is 20.2 Å². The van der Waals surface area contributed by atoms with Gasteiger partial charge in [0.15, 0.2) is 5.69 Å². The highest BCUT2D eigenvalue weighted by Crippen LogP contribution is 2.20. The standard InChI is InChI=1S/C22H24N4O2/c1-24(14-17-8-3-2-4-9-17)22(28)21-19(15-25-12-7-10-18(25)16-27)26-13-6-5-11-20(26)23-21/h2-11,13,18,27H,12,14-16H2,1H3/t18-/m1/s1. The van der Waals surface area contributed by atoms with E-state index in [0.29, 0.717) is 18.8 Å². The summed E-state index contributed by atoms with van der Waals surface area (Å²) in [6, 6.07) is 15.7. The number of aromatic nitrogens is 2. The van der Waals surface area contributed by atoms with Crippen molar-refractivity contribution in [2.24, 2.45) is 0 Å². The fourth-order valence-electron chi connectivity index (χ4n) is 3.64. The zero-order chi connectivity index (χ0) is 19.5. The third-order valence-corrected chi connectivity index (χ3v) is 5.15. The van der Waals surface area contributed by atoms with Crippen LogP contribution in [0, 0.1) is 0 Å². The molecule has 1 amide bonds. The Hall–Kier alpha value is -2.96. The average Bonchev–Trinajstić information content (AvgIpc) is 3.33. The Balaban J connectivity index is 1.65. The van der Waals surface area contributed by atoms with Crippen molar-refractivity contribution in [3.63, 3.8) is 0 Å². The van der Waals surface area contributed by atoms with Crippen LogP contribution in [0.1, 0.15) is 21.7 Å². The number of aliphatic hydroxyl groups excluding tert-OH is 1. The topological polar surface area (TPSA) is 61.1 Å². The highest BCUT2D eigenvalue weighted by Gasteiger charge is 2.26. The minimum absolute atomic E-state index is 0.0285. The van der Waals surface area contributed by atoms with E-state index in [0.717, 1.165) is 23.4 Å². The zero-order valence-corrected chi connectivity index (χ0v) is 15.9. The normalized spacial score (nSPS) is 16.7. The van der Waals surface area contributed by atoms with E-state index in [9.17, 15) is 9.90 Å². The number of amides is 1. The van der Waals surface area contributed by atoms with E-state index in [1.807, 2.05) is 71.3 Å². The number of carbonyl (C=O) groups excluding carboxylic acids is 1. The molecule has 1 atom stereocenters. The summed E-state index contributed by atoms with van der Waals surface area (Å²) in [5, 5.41) is 9.62. The number of rotatable bonds is 6. The third-order valence-electron chi connectivity index (χ3n) is 5.15. The SMILES string of the molecule is CN(Cc1ccccc1)C(=O)c1nc2ccccn2c1CN1CC=C[C@@H]1CO. The molecule has 0 saturated heterocycles. The Labute approximate surface area is 164 Å². The van der Waals surface area contributed by atoms with Crippen LogP contribution >= 0.6 is 0 Å². The van der Waals surface area contributed by atoms with Crippen LogP contribution in [-0.2, 0) is 13.1 Å². The van der Waals surface area contributed by atoms with Gasteiger partial charge in [0, 0.05) is 32.9 Å². The Bertz CT molecular complexity index is 996. The van der Waals surface area contributed by atoms with Gasteiger partial charge in [0.05, 0.1) is 18.3 Å². The molecule has 6 heteroatoms. The number of aliphatic hydroxyl groups is 1. The van der Waals surface area contributed by atoms with E-state index in [2.05, 4.69) is 9.88 Å². The maximum absolute atomic E-state index is 13.2. The molecule has 144 valence electrons. The van der Waals surface area contributed by atoms with Gasteiger partial charge in [-0.05, 0) is 17.7 Å². The van der Waals surface area contributed by atoms with E-state index in [-0.39, 0.29) is 18.6 Å². The van der Waals surface area contributed by atoms with Gasteiger partial charge in [0.25, 0.3) is 5.91 Å². The van der Waals surface area contributed by atoms with Gasteiger partial charge in [-0.2, -0.15) is 0 Å². The molecule has 28 heavy (non-hydrogen) atoms. The van der Waals surface area contributed by atoms with E-state index in [1.165, 1.54) is 0 Å². The van der Waals surface area contributed by atoms with Crippen LogP contribution in [0.3, 0.4) is 0 Å². The summed E-state index contributed by atoms with van der Waals surface area (Å²) < 4.78 is 1.97. The fourth-order valence-corrected chi connectivity index (χ4v) is 3.64. The largest absolute Gasteiger partial charge is 0.394 e. The van der Waals surface area contributed by atoms with Crippen LogP contribution < -0.4 is 0 Å². The summed E-state index contributed by atoms with van der Waals surface area (Å²) in [4.78, 5) is 21.7. The van der Waals surface area contributed by atoms with Crippen LogP contribution in [-0.4, -0.2) is 56.4 Å². The molecule has 0 spiro atoms. The van der Waals surface area contributed by atoms with Crippen LogP contribution in [0.25, 0.3) is 5.65 Å². The number of fused-ring (bicyclic) bond motifs is 1. The molecule has 0 aliphatic carbocycles. The molecule has 0 unspecified atom stereocenters. The van der Waals surface area contributed by atoms with Crippen molar-refractivity contribution in [1.82, 2.24) is 19.2 Å². The molecule has 0 saturated carbocycles. The maximum atomic E-state index is 13.2. The molecular weight excluding hydrogens is 352 g/mol. The van der Waals surface area contributed by atoms with E-state index < -0.39 is 0 Å². The van der Waals surface area contributed by atoms with Crippen molar-refractivity contribution in [3.05, 3.63) is 83.8 Å². The van der Waals surface area contributed by atoms with Gasteiger partial charge in [0.2, 0.25) is 0 Å². The molecule has 2 aromatic heterocycles. The summed E-state index contributed by atoms with van der Waals surface area (Å²) in [5.41, 5.74) is 3.14. The smallest absolute Gasteiger partial charge is 0.274 e. The number of hydrogen-bond acceptors (Lipinski definition) is 4. The highest BCUT2D eigenvalue weighted by molar-refractivity contribution is 5.94. The van der Waals surface area contributed by atoms with Crippen molar-refractivity contribution in [3.8, 4) is 0 Å². The zero-order valence-electron chi connectivity index (χ0n) is 15.9. The third kappa shape index (κ3) is 3.56. The molecule has 0 fully saturated rings. The second kappa shape index (κ2) is 7.96. The summed E-state index contributed by atoms with van der Waals surface area (Å²) in [6.07, 6.45) is 5.99. The van der Waals surface area contributed by atoms with Crippen LogP contribution in [0.5, 0.6) is 0 Å². The molecule has 3 aromatic rings. The summed E-state index contributed by atoms with van der Waals surface area (Å²) in [6.45, 7) is 1.88. The first-order valence-corrected chi connectivity index (χ1v) is 9.44. The molecule has 0 bridgehead atoms. The summed E-state index contributed by atoms with van der Waals surface area (Å²) in [5.74, 6) is -0.102. The van der Waals surface area contributed by atoms with Crippen molar-refractivity contribution in [2.45, 2.75) is 19.1 Å². The van der Waals surface area contributed by atoms with Crippen LogP contribution in [0.4, 0.5) is 0 Å². The number of imidazole rings is 1. The van der Waals surface area contributed by atoms with Gasteiger partial charge in [-0.1, -0.05) is 48.6 Å². The molecular formula is C22H24N4O2. The molecule has 3 heterocycles. The summed E-state index contributed by atoms with van der Waals surface area (Å²) in [7, 11) is 1.80.